The molecule has 12 heteroatoms. The Kier molecular flexibility index (Phi) is 5.98. The second-order valence-corrected chi connectivity index (χ2v) is 10.1. The Morgan fingerprint density at radius 3 is 2.68 bits per heavy atom. The number of aromatic amines is 1. The van der Waals surface area contributed by atoms with E-state index in [1.165, 1.54) is 16.5 Å². The summed E-state index contributed by atoms with van der Waals surface area (Å²) in [5.41, 5.74) is 3.72. The first-order valence-electron chi connectivity index (χ1n) is 12.0. The zero-order valence-corrected chi connectivity index (χ0v) is 22.1. The molecule has 1 N–H and O–H groups in total. The molecule has 1 aromatic carbocycles. The second kappa shape index (κ2) is 9.35. The Bertz CT molecular complexity index is 1710. The fourth-order valence-corrected chi connectivity index (χ4v) is 5.17. The van der Waals surface area contributed by atoms with E-state index in [9.17, 15) is 14.0 Å². The van der Waals surface area contributed by atoms with Crippen molar-refractivity contribution in [3.63, 3.8) is 0 Å². The molecule has 1 aliphatic heterocycles. The van der Waals surface area contributed by atoms with E-state index in [1.807, 2.05) is 31.2 Å². The predicted octanol–water partition coefficient (Wildman–Crippen LogP) is 4.35. The number of pyridine rings is 1. The lowest BCUT2D eigenvalue weighted by Gasteiger charge is -2.22. The summed E-state index contributed by atoms with van der Waals surface area (Å²) in [7, 11) is 0. The summed E-state index contributed by atoms with van der Waals surface area (Å²) in [5, 5.41) is 5.09. The maximum Gasteiger partial charge on any atom is 0.245 e. The van der Waals surface area contributed by atoms with E-state index in [2.05, 4.69) is 45.9 Å². The normalized spacial score (nSPS) is 17.5. The maximum atomic E-state index is 14.6. The third-order valence-corrected chi connectivity index (χ3v) is 7.14. The monoisotopic (exact) mass is 576 g/mol. The molecule has 0 radical (unpaired) electrons. The van der Waals surface area contributed by atoms with E-state index in [-0.39, 0.29) is 36.9 Å². The molecule has 0 saturated carbocycles. The van der Waals surface area contributed by atoms with E-state index in [0.717, 1.165) is 11.1 Å². The zero-order chi connectivity index (χ0) is 26.6. The van der Waals surface area contributed by atoms with Crippen molar-refractivity contribution in [3.05, 3.63) is 64.7 Å². The van der Waals surface area contributed by atoms with Gasteiger partial charge in [-0.3, -0.25) is 14.3 Å². The van der Waals surface area contributed by atoms with Crippen LogP contribution < -0.4 is 0 Å². The average molecular weight is 577 g/mol. The molecule has 10 nitrogen and oxygen atoms in total. The first-order valence-corrected chi connectivity index (χ1v) is 12.8. The minimum absolute atomic E-state index is 0.0476. The summed E-state index contributed by atoms with van der Waals surface area (Å²) in [4.78, 5) is 47.9. The van der Waals surface area contributed by atoms with E-state index >= 15 is 0 Å². The molecule has 1 fully saturated rings. The summed E-state index contributed by atoms with van der Waals surface area (Å²) in [6.45, 7) is 3.05. The third kappa shape index (κ3) is 4.34. The number of halogens is 2. The van der Waals surface area contributed by atoms with E-state index < -0.39 is 12.2 Å². The van der Waals surface area contributed by atoms with Crippen LogP contribution in [0.25, 0.3) is 33.2 Å². The van der Waals surface area contributed by atoms with E-state index in [0.29, 0.717) is 38.3 Å². The molecule has 6 rings (SSSR count). The summed E-state index contributed by atoms with van der Waals surface area (Å²) >= 11 is 3.33. The highest BCUT2D eigenvalue weighted by Crippen LogP contribution is 2.34. The Hall–Kier alpha value is -4.06. The van der Waals surface area contributed by atoms with Crippen LogP contribution in [0.4, 0.5) is 4.39 Å². The van der Waals surface area contributed by atoms with Crippen molar-refractivity contribution in [3.8, 4) is 11.1 Å². The first kappa shape index (κ1) is 24.3. The van der Waals surface area contributed by atoms with Crippen LogP contribution in [0, 0.1) is 6.92 Å². The van der Waals surface area contributed by atoms with Gasteiger partial charge in [0.25, 0.3) is 0 Å². The van der Waals surface area contributed by atoms with Gasteiger partial charge in [0.05, 0.1) is 23.6 Å². The van der Waals surface area contributed by atoms with E-state index in [1.54, 1.807) is 18.5 Å². The van der Waals surface area contributed by atoms with E-state index in [4.69, 9.17) is 0 Å². The summed E-state index contributed by atoms with van der Waals surface area (Å²) < 4.78 is 16.7. The predicted molar refractivity (Wildman–Crippen MR) is 141 cm³/mol. The number of carbonyl (C=O) groups is 2. The minimum atomic E-state index is -1.18. The summed E-state index contributed by atoms with van der Waals surface area (Å²) in [6.07, 6.45) is 2.39. The van der Waals surface area contributed by atoms with Crippen molar-refractivity contribution in [2.75, 3.05) is 6.54 Å². The van der Waals surface area contributed by atoms with Gasteiger partial charge in [0.15, 0.2) is 11.4 Å². The van der Waals surface area contributed by atoms with Crippen molar-refractivity contribution < 1.29 is 14.0 Å². The van der Waals surface area contributed by atoms with Crippen LogP contribution in [0.1, 0.15) is 41.5 Å². The highest BCUT2D eigenvalue weighted by Gasteiger charge is 2.38. The number of fused-ring (bicyclic) bond motifs is 2. The van der Waals surface area contributed by atoms with Gasteiger partial charge in [0, 0.05) is 36.7 Å². The molecule has 1 aliphatic rings. The topological polar surface area (TPSA) is 123 Å². The van der Waals surface area contributed by atoms with Crippen LogP contribution in [0.2, 0.25) is 0 Å². The minimum Gasteiger partial charge on any atom is -0.339 e. The molecule has 4 aromatic heterocycles. The molecular formula is C26H22BrFN8O2. The number of aryl methyl sites for hydroxylation is 1. The number of nitrogens with one attached hydrogen (secondary N) is 1. The molecule has 0 aliphatic carbocycles. The van der Waals surface area contributed by atoms with Crippen LogP contribution in [-0.2, 0) is 11.3 Å². The van der Waals surface area contributed by atoms with Gasteiger partial charge in [0.1, 0.15) is 34.7 Å². The van der Waals surface area contributed by atoms with Crippen LogP contribution in [0.3, 0.4) is 0 Å². The summed E-state index contributed by atoms with van der Waals surface area (Å²) in [5.74, 6) is 0.606. The highest BCUT2D eigenvalue weighted by molar-refractivity contribution is 9.10. The van der Waals surface area contributed by atoms with Crippen molar-refractivity contribution in [2.45, 2.75) is 39.0 Å². The Morgan fingerprint density at radius 1 is 1.13 bits per heavy atom. The second-order valence-electron chi connectivity index (χ2n) is 9.34. The Morgan fingerprint density at radius 2 is 1.92 bits per heavy atom. The summed E-state index contributed by atoms with van der Waals surface area (Å²) in [6, 6.07) is 8.59. The van der Waals surface area contributed by atoms with Gasteiger partial charge < -0.3 is 9.88 Å². The van der Waals surface area contributed by atoms with Crippen LogP contribution in [0.5, 0.6) is 0 Å². The molecule has 5 heterocycles. The zero-order valence-electron chi connectivity index (χ0n) is 20.5. The lowest BCUT2D eigenvalue weighted by Crippen LogP contribution is -2.34. The van der Waals surface area contributed by atoms with Crippen LogP contribution in [-0.4, -0.2) is 64.0 Å². The standard InChI is InChI=1S/C26H22BrFN8O2/c1-13(37)24-18-7-15(16-9-29-14(2)30-10-16)3-5-20(18)36(34-24)12-23(38)35-11-17(28)8-21(35)26-31-19-4-6-22(27)32-25(19)33-26/h3-7,9-10,17,21H,8,11-12H2,1-2H3,(H,31,32,33)/t17-,21-/m1/s1. The molecule has 0 spiro atoms. The van der Waals surface area contributed by atoms with Gasteiger partial charge in [0.2, 0.25) is 5.91 Å². The number of H-pyrrole nitrogens is 1. The number of Topliss-reactive ketones (excluding diaryl/α,β-unsaturated/α-hetero) is 1. The Labute approximate surface area is 224 Å². The number of hydrogen-bond donors (Lipinski definition) is 1. The fraction of sp³-hybridized carbons (Fsp3) is 0.269. The number of alkyl halides is 1. The molecule has 5 aromatic rings. The number of amides is 1. The smallest absolute Gasteiger partial charge is 0.245 e. The van der Waals surface area contributed by atoms with Crippen molar-refractivity contribution >= 4 is 49.7 Å². The van der Waals surface area contributed by atoms with Crippen LogP contribution in [0.15, 0.2) is 47.3 Å². The molecule has 0 unspecified atom stereocenters. The number of carbonyl (C=O) groups excluding carboxylic acids is 2. The third-order valence-electron chi connectivity index (χ3n) is 6.70. The first-order chi connectivity index (χ1) is 18.3. The average Bonchev–Trinajstić information content (AvgIpc) is 3.59. The number of likely N-dealkylation sites (tertiary alicyclic amines) is 1. The molecular weight excluding hydrogens is 555 g/mol. The van der Waals surface area contributed by atoms with Gasteiger partial charge in [-0.05, 0) is 52.7 Å². The SMILES string of the molecule is CC(=O)c1nn(CC(=O)N2C[C@H](F)C[C@@H]2c2nc3nc(Br)ccc3[nH]2)c2ccc(-c3cnc(C)nc3)cc12. The fourth-order valence-electron chi connectivity index (χ4n) is 4.87. The number of hydrogen-bond acceptors (Lipinski definition) is 7. The quantitative estimate of drug-likeness (QED) is 0.244. The molecule has 1 saturated heterocycles. The van der Waals surface area contributed by atoms with Gasteiger partial charge in [-0.15, -0.1) is 0 Å². The number of imidazole rings is 1. The number of aromatic nitrogens is 7. The lowest BCUT2D eigenvalue weighted by atomic mass is 10.0. The van der Waals surface area contributed by atoms with Crippen LogP contribution >= 0.6 is 15.9 Å². The largest absolute Gasteiger partial charge is 0.339 e. The van der Waals surface area contributed by atoms with Crippen molar-refractivity contribution in [1.29, 1.82) is 0 Å². The number of rotatable bonds is 5. The molecule has 38 heavy (non-hydrogen) atoms. The number of benzene rings is 1. The molecule has 2 atom stereocenters. The molecule has 0 bridgehead atoms. The lowest BCUT2D eigenvalue weighted by molar-refractivity contribution is -0.133. The maximum absolute atomic E-state index is 14.6. The van der Waals surface area contributed by atoms with Gasteiger partial charge >= 0.3 is 0 Å². The van der Waals surface area contributed by atoms with Gasteiger partial charge in [-0.25, -0.2) is 24.3 Å². The number of nitrogens with zero attached hydrogens (tertiary/aromatic N) is 7. The van der Waals surface area contributed by atoms with Crippen molar-refractivity contribution in [1.82, 2.24) is 39.6 Å². The Balaban J connectivity index is 1.32. The van der Waals surface area contributed by atoms with Gasteiger partial charge in [-0.2, -0.15) is 5.10 Å². The number of ketones is 1. The molecule has 192 valence electrons. The molecule has 1 amide bonds. The van der Waals surface area contributed by atoms with Crippen molar-refractivity contribution in [2.24, 2.45) is 0 Å². The van der Waals surface area contributed by atoms with Gasteiger partial charge in [-0.1, -0.05) is 6.07 Å². The highest BCUT2D eigenvalue weighted by atomic mass is 79.9.